The van der Waals surface area contributed by atoms with Crippen molar-refractivity contribution in [3.8, 4) is 0 Å². The van der Waals surface area contributed by atoms with Gasteiger partial charge >= 0.3 is 5.97 Å². The fraction of sp³-hybridized carbons (Fsp3) is 0.429. The van der Waals surface area contributed by atoms with Crippen molar-refractivity contribution in [3.63, 3.8) is 0 Å². The molecular formula is C14H18N2O4. The number of carbonyl (C=O) groups excluding carboxylic acids is 1. The molecule has 0 radical (unpaired) electrons. The van der Waals surface area contributed by atoms with Gasteiger partial charge in [-0.15, -0.1) is 0 Å². The minimum absolute atomic E-state index is 0.365. The van der Waals surface area contributed by atoms with E-state index in [-0.39, 0.29) is 5.91 Å². The van der Waals surface area contributed by atoms with E-state index in [2.05, 4.69) is 5.32 Å². The number of nitrogens with one attached hydrogen (secondary N) is 1. The van der Waals surface area contributed by atoms with Crippen LogP contribution >= 0.6 is 0 Å². The maximum Gasteiger partial charge on any atom is 0.328 e. The summed E-state index contributed by atoms with van der Waals surface area (Å²) in [5, 5.41) is 20.8. The zero-order chi connectivity index (χ0) is 14.9. The summed E-state index contributed by atoms with van der Waals surface area (Å²) in [7, 11) is 0. The number of hydrogen-bond donors (Lipinski definition) is 4. The maximum absolute atomic E-state index is 12.3. The Morgan fingerprint density at radius 1 is 1.30 bits per heavy atom. The normalized spacial score (nSPS) is 18.9. The number of rotatable bonds is 5. The average molecular weight is 278 g/mol. The van der Waals surface area contributed by atoms with E-state index < -0.39 is 23.5 Å². The third-order valence-corrected chi connectivity index (χ3v) is 3.68. The number of benzene rings is 1. The lowest BCUT2D eigenvalue weighted by Crippen LogP contribution is -2.50. The van der Waals surface area contributed by atoms with E-state index in [0.717, 1.165) is 5.56 Å². The third-order valence-electron chi connectivity index (χ3n) is 3.68. The van der Waals surface area contributed by atoms with Crippen molar-refractivity contribution in [1.29, 1.82) is 0 Å². The first-order chi connectivity index (χ1) is 9.36. The zero-order valence-corrected chi connectivity index (χ0v) is 11.2. The van der Waals surface area contributed by atoms with Gasteiger partial charge in [0.15, 0.2) is 6.04 Å². The van der Waals surface area contributed by atoms with Gasteiger partial charge in [0, 0.05) is 5.69 Å². The first-order valence-corrected chi connectivity index (χ1v) is 6.45. The molecule has 108 valence electrons. The Morgan fingerprint density at radius 2 is 1.85 bits per heavy atom. The number of nitrogens with two attached hydrogens (primary N) is 1. The molecule has 1 aromatic carbocycles. The molecule has 6 heteroatoms. The number of amides is 1. The molecule has 0 heterocycles. The predicted molar refractivity (Wildman–Crippen MR) is 73.0 cm³/mol. The number of carboxylic acids is 1. The second-order valence-electron chi connectivity index (χ2n) is 5.23. The summed E-state index contributed by atoms with van der Waals surface area (Å²) in [6, 6.07) is 5.69. The Bertz CT molecular complexity index is 520. The van der Waals surface area contributed by atoms with Crippen LogP contribution in [0.2, 0.25) is 0 Å². The van der Waals surface area contributed by atoms with Crippen molar-refractivity contribution in [3.05, 3.63) is 29.8 Å². The quantitative estimate of drug-likeness (QED) is 0.577. The number of aliphatic carboxylic acids is 1. The first-order valence-electron chi connectivity index (χ1n) is 6.45. The van der Waals surface area contributed by atoms with E-state index >= 15 is 0 Å². The van der Waals surface area contributed by atoms with Crippen LogP contribution in [0.15, 0.2) is 24.3 Å². The molecule has 0 aliphatic heterocycles. The van der Waals surface area contributed by atoms with E-state index in [1.807, 2.05) is 0 Å². The minimum atomic E-state index is -1.30. The van der Waals surface area contributed by atoms with Gasteiger partial charge in [-0.3, -0.25) is 4.79 Å². The molecule has 1 amide bonds. The molecular weight excluding hydrogens is 260 g/mol. The Balaban J connectivity index is 2.16. The molecule has 1 fully saturated rings. The highest BCUT2D eigenvalue weighted by molar-refractivity contribution is 5.94. The van der Waals surface area contributed by atoms with E-state index in [1.54, 1.807) is 24.3 Å². The van der Waals surface area contributed by atoms with Gasteiger partial charge in [-0.2, -0.15) is 0 Å². The lowest BCUT2D eigenvalue weighted by atomic mass is 9.94. The topological polar surface area (TPSA) is 113 Å². The van der Waals surface area contributed by atoms with E-state index in [0.29, 0.717) is 18.5 Å². The molecule has 0 spiro atoms. The Morgan fingerprint density at radius 3 is 2.25 bits per heavy atom. The Kier molecular flexibility index (Phi) is 3.67. The molecule has 0 saturated heterocycles. The lowest BCUT2D eigenvalue weighted by molar-refractivity contribution is -0.145. The fourth-order valence-electron chi connectivity index (χ4n) is 2.24. The van der Waals surface area contributed by atoms with Crippen LogP contribution in [0.1, 0.15) is 25.3 Å². The SMILES string of the molecule is CC(O)C(NC(=O)C1(c2ccc(N)cc2)CC1)C(=O)O. The van der Waals surface area contributed by atoms with Crippen molar-refractivity contribution in [2.24, 2.45) is 0 Å². The van der Waals surface area contributed by atoms with E-state index in [4.69, 9.17) is 10.8 Å². The highest BCUT2D eigenvalue weighted by atomic mass is 16.4. The predicted octanol–water partition coefficient (Wildman–Crippen LogP) is 0.251. The average Bonchev–Trinajstić information content (AvgIpc) is 3.17. The maximum atomic E-state index is 12.3. The van der Waals surface area contributed by atoms with Crippen molar-refractivity contribution in [1.82, 2.24) is 5.32 Å². The molecule has 1 aliphatic rings. The minimum Gasteiger partial charge on any atom is -0.480 e. The summed E-state index contributed by atoms with van der Waals surface area (Å²) in [5.74, 6) is -1.61. The van der Waals surface area contributed by atoms with Gasteiger partial charge in [-0.05, 0) is 37.5 Å². The van der Waals surface area contributed by atoms with Crippen molar-refractivity contribution in [2.75, 3.05) is 5.73 Å². The van der Waals surface area contributed by atoms with Crippen LogP contribution in [0.4, 0.5) is 5.69 Å². The summed E-state index contributed by atoms with van der Waals surface area (Å²) in [4.78, 5) is 23.3. The van der Waals surface area contributed by atoms with Crippen molar-refractivity contribution < 1.29 is 19.8 Å². The highest BCUT2D eigenvalue weighted by Gasteiger charge is 2.52. The molecule has 2 atom stereocenters. The monoisotopic (exact) mass is 278 g/mol. The largest absolute Gasteiger partial charge is 0.480 e. The van der Waals surface area contributed by atoms with Gasteiger partial charge in [0.25, 0.3) is 0 Å². The van der Waals surface area contributed by atoms with Crippen LogP contribution in [0.3, 0.4) is 0 Å². The molecule has 5 N–H and O–H groups in total. The smallest absolute Gasteiger partial charge is 0.328 e. The second-order valence-corrected chi connectivity index (χ2v) is 5.23. The van der Waals surface area contributed by atoms with Crippen molar-refractivity contribution >= 4 is 17.6 Å². The summed E-state index contributed by atoms with van der Waals surface area (Å²) in [6.07, 6.45) is 0.169. The van der Waals surface area contributed by atoms with Gasteiger partial charge in [0.05, 0.1) is 11.5 Å². The van der Waals surface area contributed by atoms with Gasteiger partial charge in [-0.25, -0.2) is 4.79 Å². The van der Waals surface area contributed by atoms with Crippen LogP contribution in [0.5, 0.6) is 0 Å². The summed E-state index contributed by atoms with van der Waals surface area (Å²) in [5.41, 5.74) is 6.36. The number of carbonyl (C=O) groups is 2. The van der Waals surface area contributed by atoms with Crippen LogP contribution < -0.4 is 11.1 Å². The molecule has 2 unspecified atom stereocenters. The second kappa shape index (κ2) is 5.13. The zero-order valence-electron chi connectivity index (χ0n) is 11.2. The molecule has 2 rings (SSSR count). The molecule has 0 bridgehead atoms. The third kappa shape index (κ3) is 2.60. The highest BCUT2D eigenvalue weighted by Crippen LogP contribution is 2.48. The number of aliphatic hydroxyl groups excluding tert-OH is 1. The standard InChI is InChI=1S/C14H18N2O4/c1-8(17)11(12(18)19)16-13(20)14(6-7-14)9-2-4-10(15)5-3-9/h2-5,8,11,17H,6-7,15H2,1H3,(H,16,20)(H,18,19). The van der Waals surface area contributed by atoms with Gasteiger partial charge < -0.3 is 21.3 Å². The Hall–Kier alpha value is -2.08. The fourth-order valence-corrected chi connectivity index (χ4v) is 2.24. The van der Waals surface area contributed by atoms with E-state index in [1.165, 1.54) is 6.92 Å². The summed E-state index contributed by atoms with van der Waals surface area (Å²) >= 11 is 0. The number of hydrogen-bond acceptors (Lipinski definition) is 4. The van der Waals surface area contributed by atoms with Crippen LogP contribution in [-0.2, 0) is 15.0 Å². The van der Waals surface area contributed by atoms with Gasteiger partial charge in [-0.1, -0.05) is 12.1 Å². The molecule has 0 aromatic heterocycles. The summed E-state index contributed by atoms with van der Waals surface area (Å²) in [6.45, 7) is 1.34. The van der Waals surface area contributed by atoms with Gasteiger partial charge in [0.2, 0.25) is 5.91 Å². The Labute approximate surface area is 116 Å². The van der Waals surface area contributed by atoms with Crippen LogP contribution in [-0.4, -0.2) is 34.2 Å². The van der Waals surface area contributed by atoms with Crippen LogP contribution in [0, 0.1) is 0 Å². The van der Waals surface area contributed by atoms with E-state index in [9.17, 15) is 14.7 Å². The van der Waals surface area contributed by atoms with Gasteiger partial charge in [0.1, 0.15) is 0 Å². The summed E-state index contributed by atoms with van der Waals surface area (Å²) < 4.78 is 0. The van der Waals surface area contributed by atoms with Crippen LogP contribution in [0.25, 0.3) is 0 Å². The van der Waals surface area contributed by atoms with Crippen molar-refractivity contribution in [2.45, 2.75) is 37.3 Å². The molecule has 6 nitrogen and oxygen atoms in total. The molecule has 1 aromatic rings. The number of aliphatic hydroxyl groups is 1. The number of nitrogen functional groups attached to an aromatic ring is 1. The first kappa shape index (κ1) is 14.3. The molecule has 20 heavy (non-hydrogen) atoms. The molecule has 1 saturated carbocycles. The number of carboxylic acid groups (broad SMARTS) is 1. The molecule has 1 aliphatic carbocycles. The number of anilines is 1. The lowest BCUT2D eigenvalue weighted by Gasteiger charge is -2.21.